The number of urea groups is 1. The van der Waals surface area contributed by atoms with Gasteiger partial charge in [0, 0.05) is 28.9 Å². The molecule has 1 fully saturated rings. The molecule has 2 N–H and O–H groups in total. The molecule has 0 aliphatic carbocycles. The zero-order chi connectivity index (χ0) is 13.8. The summed E-state index contributed by atoms with van der Waals surface area (Å²) in [6.45, 7) is 3.11. The Morgan fingerprint density at radius 1 is 1.42 bits per heavy atom. The number of halogens is 2. The topological polar surface area (TPSA) is 50.4 Å². The summed E-state index contributed by atoms with van der Waals surface area (Å²) in [5.74, 6) is 0. The maximum atomic E-state index is 11.7. The van der Waals surface area contributed by atoms with Crippen LogP contribution in [0.3, 0.4) is 0 Å². The van der Waals surface area contributed by atoms with E-state index in [1.807, 2.05) is 6.92 Å². The van der Waals surface area contributed by atoms with E-state index in [1.165, 1.54) is 0 Å². The van der Waals surface area contributed by atoms with E-state index >= 15 is 0 Å². The van der Waals surface area contributed by atoms with Gasteiger partial charge in [-0.05, 0) is 37.5 Å². The second-order valence-electron chi connectivity index (χ2n) is 4.53. The van der Waals surface area contributed by atoms with Crippen LogP contribution in [0.1, 0.15) is 18.4 Å². The fourth-order valence-electron chi connectivity index (χ4n) is 1.90. The summed E-state index contributed by atoms with van der Waals surface area (Å²) in [4.78, 5) is 11.7. The van der Waals surface area contributed by atoms with Gasteiger partial charge in [-0.2, -0.15) is 0 Å². The van der Waals surface area contributed by atoms with Gasteiger partial charge >= 0.3 is 6.03 Å². The molecule has 2 amide bonds. The molecule has 2 rings (SSSR count). The van der Waals surface area contributed by atoms with Crippen LogP contribution in [0.25, 0.3) is 0 Å². The second-order valence-corrected chi connectivity index (χ2v) is 5.35. The Hall–Kier alpha value is -0.970. The van der Waals surface area contributed by atoms with Gasteiger partial charge in [0.2, 0.25) is 0 Å². The molecule has 0 radical (unpaired) electrons. The number of benzene rings is 1. The highest BCUT2D eigenvalue weighted by molar-refractivity contribution is 6.36. The van der Waals surface area contributed by atoms with E-state index < -0.39 is 0 Å². The SMILES string of the molecule is Cc1c(Cl)cc(NC(=O)NCC2CCCO2)cc1Cl. The summed E-state index contributed by atoms with van der Waals surface area (Å²) in [7, 11) is 0. The largest absolute Gasteiger partial charge is 0.376 e. The molecule has 104 valence electrons. The number of nitrogens with one attached hydrogen (secondary N) is 2. The monoisotopic (exact) mass is 302 g/mol. The lowest BCUT2D eigenvalue weighted by molar-refractivity contribution is 0.112. The number of hydrogen-bond donors (Lipinski definition) is 2. The molecule has 1 aliphatic rings. The van der Waals surface area contributed by atoms with Crippen molar-refractivity contribution in [3.8, 4) is 0 Å². The van der Waals surface area contributed by atoms with Gasteiger partial charge in [-0.3, -0.25) is 0 Å². The number of hydrogen-bond acceptors (Lipinski definition) is 2. The van der Waals surface area contributed by atoms with E-state index in [9.17, 15) is 4.79 Å². The van der Waals surface area contributed by atoms with Gasteiger partial charge in [-0.1, -0.05) is 23.2 Å². The van der Waals surface area contributed by atoms with Crippen molar-refractivity contribution in [2.45, 2.75) is 25.9 Å². The van der Waals surface area contributed by atoms with Crippen molar-refractivity contribution in [3.63, 3.8) is 0 Å². The van der Waals surface area contributed by atoms with E-state index in [0.717, 1.165) is 25.0 Å². The predicted octanol–water partition coefficient (Wildman–Crippen LogP) is 3.60. The summed E-state index contributed by atoms with van der Waals surface area (Å²) >= 11 is 12.0. The van der Waals surface area contributed by atoms with Crippen LogP contribution in [-0.4, -0.2) is 25.3 Å². The van der Waals surface area contributed by atoms with Crippen molar-refractivity contribution in [1.29, 1.82) is 0 Å². The minimum Gasteiger partial charge on any atom is -0.376 e. The van der Waals surface area contributed by atoms with Gasteiger partial charge in [0.25, 0.3) is 0 Å². The molecule has 0 saturated carbocycles. The molecule has 1 unspecified atom stereocenters. The molecular formula is C13H16Cl2N2O2. The molecule has 1 heterocycles. The summed E-state index contributed by atoms with van der Waals surface area (Å²) in [5, 5.41) is 6.52. The molecular weight excluding hydrogens is 287 g/mol. The van der Waals surface area contributed by atoms with E-state index in [-0.39, 0.29) is 12.1 Å². The Labute approximate surface area is 122 Å². The summed E-state index contributed by atoms with van der Waals surface area (Å²) in [5.41, 5.74) is 1.37. The standard InChI is InChI=1S/C13H16Cl2N2O2/c1-8-11(14)5-9(6-12(8)15)17-13(18)16-7-10-3-2-4-19-10/h5-6,10H,2-4,7H2,1H3,(H2,16,17,18). The highest BCUT2D eigenvalue weighted by Gasteiger charge is 2.16. The quantitative estimate of drug-likeness (QED) is 0.896. The third-order valence-electron chi connectivity index (χ3n) is 3.05. The van der Waals surface area contributed by atoms with E-state index in [4.69, 9.17) is 27.9 Å². The second kappa shape index (κ2) is 6.46. The molecule has 1 atom stereocenters. The van der Waals surface area contributed by atoms with Crippen LogP contribution < -0.4 is 10.6 Å². The summed E-state index contributed by atoms with van der Waals surface area (Å²) in [6.07, 6.45) is 2.16. The van der Waals surface area contributed by atoms with E-state index in [0.29, 0.717) is 22.3 Å². The first-order valence-corrected chi connectivity index (χ1v) is 6.94. The molecule has 4 nitrogen and oxygen atoms in total. The lowest BCUT2D eigenvalue weighted by atomic mass is 10.2. The number of carbonyl (C=O) groups excluding carboxylic acids is 1. The first-order chi connectivity index (χ1) is 9.06. The normalized spacial score (nSPS) is 18.4. The molecule has 1 aromatic rings. The van der Waals surface area contributed by atoms with Crippen LogP contribution in [0, 0.1) is 6.92 Å². The third-order valence-corrected chi connectivity index (χ3v) is 3.84. The predicted molar refractivity (Wildman–Crippen MR) is 77.2 cm³/mol. The van der Waals surface area contributed by atoms with Gasteiger partial charge in [-0.25, -0.2) is 4.79 Å². The highest BCUT2D eigenvalue weighted by atomic mass is 35.5. The van der Waals surface area contributed by atoms with Crippen LogP contribution in [-0.2, 0) is 4.74 Å². The zero-order valence-corrected chi connectivity index (χ0v) is 12.1. The van der Waals surface area contributed by atoms with Crippen molar-refractivity contribution in [2.24, 2.45) is 0 Å². The van der Waals surface area contributed by atoms with Crippen molar-refractivity contribution in [1.82, 2.24) is 5.32 Å². The number of rotatable bonds is 3. The maximum Gasteiger partial charge on any atom is 0.319 e. The lowest BCUT2D eigenvalue weighted by Crippen LogP contribution is -2.35. The Balaban J connectivity index is 1.87. The van der Waals surface area contributed by atoms with Crippen LogP contribution in [0.2, 0.25) is 10.0 Å². The molecule has 0 aromatic heterocycles. The smallest absolute Gasteiger partial charge is 0.319 e. The number of ether oxygens (including phenoxy) is 1. The van der Waals surface area contributed by atoms with Gasteiger partial charge < -0.3 is 15.4 Å². The highest BCUT2D eigenvalue weighted by Crippen LogP contribution is 2.27. The molecule has 0 spiro atoms. The Morgan fingerprint density at radius 3 is 2.68 bits per heavy atom. The molecule has 1 saturated heterocycles. The Kier molecular flexibility index (Phi) is 4.91. The fourth-order valence-corrected chi connectivity index (χ4v) is 2.39. The number of carbonyl (C=O) groups is 1. The minimum atomic E-state index is -0.286. The first kappa shape index (κ1) is 14.4. The first-order valence-electron chi connectivity index (χ1n) is 6.18. The summed E-state index contributed by atoms with van der Waals surface area (Å²) < 4.78 is 5.42. The third kappa shape index (κ3) is 4.00. The molecule has 19 heavy (non-hydrogen) atoms. The van der Waals surface area contributed by atoms with E-state index in [1.54, 1.807) is 12.1 Å². The van der Waals surface area contributed by atoms with Crippen LogP contribution in [0.15, 0.2) is 12.1 Å². The van der Waals surface area contributed by atoms with Crippen LogP contribution in [0.4, 0.5) is 10.5 Å². The van der Waals surface area contributed by atoms with Gasteiger partial charge in [0.1, 0.15) is 0 Å². The van der Waals surface area contributed by atoms with Gasteiger partial charge in [0.05, 0.1) is 6.10 Å². The van der Waals surface area contributed by atoms with E-state index in [2.05, 4.69) is 10.6 Å². The van der Waals surface area contributed by atoms with Crippen molar-refractivity contribution in [3.05, 3.63) is 27.7 Å². The molecule has 1 aliphatic heterocycles. The van der Waals surface area contributed by atoms with Crippen molar-refractivity contribution >= 4 is 34.9 Å². The van der Waals surface area contributed by atoms with Crippen LogP contribution in [0.5, 0.6) is 0 Å². The zero-order valence-electron chi connectivity index (χ0n) is 10.6. The van der Waals surface area contributed by atoms with Gasteiger partial charge in [0.15, 0.2) is 0 Å². The molecule has 0 bridgehead atoms. The Morgan fingerprint density at radius 2 is 2.11 bits per heavy atom. The average Bonchev–Trinajstić information content (AvgIpc) is 2.86. The summed E-state index contributed by atoms with van der Waals surface area (Å²) in [6, 6.07) is 3.06. The van der Waals surface area contributed by atoms with Gasteiger partial charge in [-0.15, -0.1) is 0 Å². The minimum absolute atomic E-state index is 0.121. The van der Waals surface area contributed by atoms with Crippen molar-refractivity contribution in [2.75, 3.05) is 18.5 Å². The maximum absolute atomic E-state index is 11.7. The Bertz CT molecular complexity index is 451. The number of anilines is 1. The molecule has 1 aromatic carbocycles. The molecule has 6 heteroatoms. The number of amides is 2. The lowest BCUT2D eigenvalue weighted by Gasteiger charge is -2.12. The van der Waals surface area contributed by atoms with Crippen LogP contribution >= 0.6 is 23.2 Å². The fraction of sp³-hybridized carbons (Fsp3) is 0.462. The van der Waals surface area contributed by atoms with Crippen molar-refractivity contribution < 1.29 is 9.53 Å². The average molecular weight is 303 g/mol.